The first-order valence-electron chi connectivity index (χ1n) is 3.68. The molecule has 0 aliphatic carbocycles. The van der Waals surface area contributed by atoms with Gasteiger partial charge in [-0.05, 0) is 17.7 Å². The minimum Gasteiger partial charge on any atom is -0.471 e. The van der Waals surface area contributed by atoms with E-state index in [0.717, 1.165) is 10.6 Å². The first-order chi connectivity index (χ1) is 5.86. The number of nitrogens with zero attached hydrogens (tertiary/aromatic N) is 1. The van der Waals surface area contributed by atoms with Crippen molar-refractivity contribution in [1.82, 2.24) is 0 Å². The molecule has 61 valence electrons. The summed E-state index contributed by atoms with van der Waals surface area (Å²) in [5, 5.41) is 0.741. The molecule has 0 spiro atoms. The summed E-state index contributed by atoms with van der Waals surface area (Å²) in [6.45, 7) is 0.585. The van der Waals surface area contributed by atoms with Gasteiger partial charge in [0.25, 0.3) is 6.40 Å². The molecule has 2 rings (SSSR count). The van der Waals surface area contributed by atoms with Gasteiger partial charge in [-0.1, -0.05) is 23.7 Å². The molecule has 3 heteroatoms. The van der Waals surface area contributed by atoms with Crippen LogP contribution in [0.3, 0.4) is 0 Å². The van der Waals surface area contributed by atoms with Gasteiger partial charge in [0.2, 0.25) is 0 Å². The molecule has 12 heavy (non-hydrogen) atoms. The van der Waals surface area contributed by atoms with E-state index in [1.54, 1.807) is 0 Å². The van der Waals surface area contributed by atoms with Crippen LogP contribution in [-0.4, -0.2) is 13.0 Å². The number of rotatable bonds is 1. The maximum Gasteiger partial charge on any atom is 0.273 e. The zero-order chi connectivity index (χ0) is 8.39. The van der Waals surface area contributed by atoms with Crippen molar-refractivity contribution in [2.24, 2.45) is 4.99 Å². The minimum atomic E-state index is 0.0993. The summed E-state index contributed by atoms with van der Waals surface area (Å²) in [6, 6.07) is 7.71. The lowest BCUT2D eigenvalue weighted by molar-refractivity contribution is 0.330. The topological polar surface area (TPSA) is 21.6 Å². The summed E-state index contributed by atoms with van der Waals surface area (Å²) in [5.74, 6) is 0. The summed E-state index contributed by atoms with van der Waals surface area (Å²) in [5.41, 5.74) is 1.12. The van der Waals surface area contributed by atoms with E-state index in [4.69, 9.17) is 16.3 Å². The molecular formula is C9H7ClNO. The molecule has 1 atom stereocenters. The van der Waals surface area contributed by atoms with E-state index in [1.165, 1.54) is 0 Å². The molecule has 1 aliphatic heterocycles. The van der Waals surface area contributed by atoms with Gasteiger partial charge < -0.3 is 4.74 Å². The molecule has 1 aromatic carbocycles. The first kappa shape index (κ1) is 7.62. The summed E-state index contributed by atoms with van der Waals surface area (Å²) in [4.78, 5) is 4.02. The monoisotopic (exact) mass is 180 g/mol. The van der Waals surface area contributed by atoms with Crippen molar-refractivity contribution in [2.75, 3.05) is 6.61 Å². The molecule has 0 aromatic heterocycles. The number of benzene rings is 1. The largest absolute Gasteiger partial charge is 0.471 e. The maximum atomic E-state index is 5.74. The van der Waals surface area contributed by atoms with Crippen LogP contribution in [0.5, 0.6) is 0 Å². The molecule has 0 saturated heterocycles. The molecule has 1 radical (unpaired) electrons. The van der Waals surface area contributed by atoms with Gasteiger partial charge in [0.05, 0.1) is 0 Å². The molecule has 0 bridgehead atoms. The second kappa shape index (κ2) is 3.15. The highest BCUT2D eigenvalue weighted by Gasteiger charge is 2.14. The van der Waals surface area contributed by atoms with Gasteiger partial charge in [0.15, 0.2) is 0 Å². The van der Waals surface area contributed by atoms with Crippen molar-refractivity contribution >= 4 is 18.0 Å². The Kier molecular flexibility index (Phi) is 2.00. The van der Waals surface area contributed by atoms with Gasteiger partial charge in [-0.2, -0.15) is 0 Å². The normalized spacial score (nSPS) is 20.9. The molecule has 0 fully saturated rings. The summed E-state index contributed by atoms with van der Waals surface area (Å²) >= 11 is 5.74. The van der Waals surface area contributed by atoms with Gasteiger partial charge >= 0.3 is 0 Å². The van der Waals surface area contributed by atoms with Crippen molar-refractivity contribution in [3.8, 4) is 0 Å². The van der Waals surface area contributed by atoms with Crippen molar-refractivity contribution in [2.45, 2.75) is 6.04 Å². The fourth-order valence-electron chi connectivity index (χ4n) is 1.11. The molecule has 2 nitrogen and oxygen atoms in total. The van der Waals surface area contributed by atoms with E-state index in [2.05, 4.69) is 11.4 Å². The predicted octanol–water partition coefficient (Wildman–Crippen LogP) is 2.32. The van der Waals surface area contributed by atoms with Gasteiger partial charge in [-0.15, -0.1) is 0 Å². The van der Waals surface area contributed by atoms with Gasteiger partial charge in [-0.25, -0.2) is 4.99 Å². The average Bonchev–Trinajstić information content (AvgIpc) is 2.58. The number of halogens is 1. The average molecular weight is 181 g/mol. The number of hydrogen-bond acceptors (Lipinski definition) is 2. The van der Waals surface area contributed by atoms with Crippen molar-refractivity contribution < 1.29 is 4.74 Å². The highest BCUT2D eigenvalue weighted by molar-refractivity contribution is 6.30. The SMILES string of the molecule is Clc1ccc(C2CO[C]=N2)cc1. The van der Waals surface area contributed by atoms with Crippen LogP contribution in [0.1, 0.15) is 11.6 Å². The van der Waals surface area contributed by atoms with Crippen LogP contribution < -0.4 is 0 Å². The third kappa shape index (κ3) is 1.43. The first-order valence-corrected chi connectivity index (χ1v) is 4.06. The Morgan fingerprint density at radius 1 is 1.42 bits per heavy atom. The van der Waals surface area contributed by atoms with Crippen molar-refractivity contribution in [3.63, 3.8) is 0 Å². The molecule has 0 N–H and O–H groups in total. The fraction of sp³-hybridized carbons (Fsp3) is 0.222. The Bertz CT molecular complexity index is 294. The smallest absolute Gasteiger partial charge is 0.273 e. The van der Waals surface area contributed by atoms with E-state index in [-0.39, 0.29) is 6.04 Å². The second-order valence-corrected chi connectivity index (χ2v) is 3.04. The van der Waals surface area contributed by atoms with Crippen LogP contribution in [0, 0.1) is 0 Å². The third-order valence-corrected chi connectivity index (χ3v) is 2.02. The predicted molar refractivity (Wildman–Crippen MR) is 47.6 cm³/mol. The highest BCUT2D eigenvalue weighted by Crippen LogP contribution is 2.21. The molecule has 1 aromatic rings. The standard InChI is InChI=1S/C9H7ClNO/c10-8-3-1-7(2-4-8)9-5-12-6-11-9/h1-4,9H,5H2. The molecule has 0 amide bonds. The Hall–Kier alpha value is -1.02. The van der Waals surface area contributed by atoms with Crippen LogP contribution in [0.2, 0.25) is 5.02 Å². The van der Waals surface area contributed by atoms with Gasteiger partial charge in [0, 0.05) is 5.02 Å². The second-order valence-electron chi connectivity index (χ2n) is 2.60. The van der Waals surface area contributed by atoms with Crippen LogP contribution in [0.25, 0.3) is 0 Å². The zero-order valence-electron chi connectivity index (χ0n) is 6.33. The molecule has 1 aliphatic rings. The molecule has 1 unspecified atom stereocenters. The van der Waals surface area contributed by atoms with Crippen LogP contribution in [-0.2, 0) is 4.74 Å². The van der Waals surface area contributed by atoms with Crippen molar-refractivity contribution in [1.29, 1.82) is 0 Å². The summed E-state index contributed by atoms with van der Waals surface area (Å²) in [6.07, 6.45) is 2.48. The Morgan fingerprint density at radius 3 is 2.75 bits per heavy atom. The third-order valence-electron chi connectivity index (χ3n) is 1.77. The summed E-state index contributed by atoms with van der Waals surface area (Å²) < 4.78 is 4.89. The fourth-order valence-corrected chi connectivity index (χ4v) is 1.24. The number of hydrogen-bond donors (Lipinski definition) is 0. The minimum absolute atomic E-state index is 0.0993. The van der Waals surface area contributed by atoms with Crippen LogP contribution in [0.4, 0.5) is 0 Å². The number of aliphatic imine (C=N–C) groups is 1. The number of ether oxygens (including phenoxy) is 1. The lowest BCUT2D eigenvalue weighted by Gasteiger charge is -2.04. The maximum absolute atomic E-state index is 5.74. The van der Waals surface area contributed by atoms with E-state index in [1.807, 2.05) is 24.3 Å². The van der Waals surface area contributed by atoms with E-state index >= 15 is 0 Å². The van der Waals surface area contributed by atoms with Gasteiger partial charge in [0.1, 0.15) is 12.6 Å². The Morgan fingerprint density at radius 2 is 2.17 bits per heavy atom. The quantitative estimate of drug-likeness (QED) is 0.650. The van der Waals surface area contributed by atoms with E-state index < -0.39 is 0 Å². The van der Waals surface area contributed by atoms with E-state index in [0.29, 0.717) is 6.61 Å². The van der Waals surface area contributed by atoms with Crippen LogP contribution in [0.15, 0.2) is 29.3 Å². The van der Waals surface area contributed by atoms with Gasteiger partial charge in [-0.3, -0.25) is 0 Å². The van der Waals surface area contributed by atoms with Crippen molar-refractivity contribution in [3.05, 3.63) is 34.9 Å². The molecule has 0 saturated carbocycles. The highest BCUT2D eigenvalue weighted by atomic mass is 35.5. The summed E-state index contributed by atoms with van der Waals surface area (Å²) in [7, 11) is 0. The lowest BCUT2D eigenvalue weighted by Crippen LogP contribution is -1.96. The lowest BCUT2D eigenvalue weighted by atomic mass is 10.1. The van der Waals surface area contributed by atoms with Crippen LogP contribution >= 0.6 is 11.6 Å². The molecule has 1 heterocycles. The van der Waals surface area contributed by atoms with E-state index in [9.17, 15) is 0 Å². The Labute approximate surface area is 75.8 Å². The zero-order valence-corrected chi connectivity index (χ0v) is 7.08. The Balaban J connectivity index is 2.23. The molecular weight excluding hydrogens is 174 g/mol.